The van der Waals surface area contributed by atoms with E-state index in [1.807, 2.05) is 12.1 Å². The monoisotopic (exact) mass is 487 g/mol. The second kappa shape index (κ2) is 10.7. The minimum Gasteiger partial charge on any atom is -0.508 e. The summed E-state index contributed by atoms with van der Waals surface area (Å²) in [5.74, 6) is 1.83. The van der Waals surface area contributed by atoms with Gasteiger partial charge in [0.25, 0.3) is 5.91 Å². The van der Waals surface area contributed by atoms with Gasteiger partial charge in [-0.3, -0.25) is 4.79 Å². The van der Waals surface area contributed by atoms with Crippen molar-refractivity contribution in [3.05, 3.63) is 78.3 Å². The second-order valence-corrected chi connectivity index (χ2v) is 8.02. The van der Waals surface area contributed by atoms with Gasteiger partial charge < -0.3 is 35.1 Å². The van der Waals surface area contributed by atoms with Crippen molar-refractivity contribution in [3.8, 4) is 5.75 Å². The van der Waals surface area contributed by atoms with E-state index in [0.29, 0.717) is 67.6 Å². The first-order chi connectivity index (χ1) is 17.6. The zero-order valence-electron chi connectivity index (χ0n) is 19.3. The van der Waals surface area contributed by atoms with E-state index < -0.39 is 0 Å². The third-order valence-corrected chi connectivity index (χ3v) is 5.45. The number of rotatable bonds is 8. The fourth-order valence-corrected chi connectivity index (χ4v) is 3.59. The number of benzene rings is 2. The van der Waals surface area contributed by atoms with Gasteiger partial charge in [-0.15, -0.1) is 0 Å². The Kier molecular flexibility index (Phi) is 6.90. The highest BCUT2D eigenvalue weighted by atomic mass is 16.5. The van der Waals surface area contributed by atoms with Crippen LogP contribution < -0.4 is 16.0 Å². The number of carbonyl (C=O) groups is 1. The lowest BCUT2D eigenvalue weighted by atomic mass is 10.1. The fourth-order valence-electron chi connectivity index (χ4n) is 3.59. The number of furan rings is 1. The molecule has 36 heavy (non-hydrogen) atoms. The molecule has 184 valence electrons. The number of aromatic hydroxyl groups is 1. The molecule has 4 aromatic rings. The molecule has 0 aliphatic carbocycles. The van der Waals surface area contributed by atoms with Gasteiger partial charge in [-0.1, -0.05) is 0 Å². The van der Waals surface area contributed by atoms with Crippen LogP contribution >= 0.6 is 0 Å². The normalized spacial score (nSPS) is 13.3. The Balaban J connectivity index is 1.33. The summed E-state index contributed by atoms with van der Waals surface area (Å²) in [6, 6.07) is 17.4. The van der Waals surface area contributed by atoms with Crippen LogP contribution in [0.1, 0.15) is 16.1 Å². The number of amides is 1. The van der Waals surface area contributed by atoms with E-state index in [-0.39, 0.29) is 11.7 Å². The van der Waals surface area contributed by atoms with Gasteiger partial charge >= 0.3 is 0 Å². The highest BCUT2D eigenvalue weighted by molar-refractivity contribution is 5.94. The van der Waals surface area contributed by atoms with Gasteiger partial charge in [-0.2, -0.15) is 15.0 Å². The van der Waals surface area contributed by atoms with Crippen molar-refractivity contribution in [1.29, 1.82) is 0 Å². The molecular formula is C25H25N7O4. The number of hydrogen-bond acceptors (Lipinski definition) is 10. The predicted octanol–water partition coefficient (Wildman–Crippen LogP) is 3.74. The number of morpholine rings is 1. The predicted molar refractivity (Wildman–Crippen MR) is 134 cm³/mol. The Morgan fingerprint density at radius 1 is 0.861 bits per heavy atom. The van der Waals surface area contributed by atoms with Gasteiger partial charge in [-0.05, 0) is 60.7 Å². The van der Waals surface area contributed by atoms with Gasteiger partial charge in [0.15, 0.2) is 0 Å². The van der Waals surface area contributed by atoms with Crippen molar-refractivity contribution < 1.29 is 19.1 Å². The topological polar surface area (TPSA) is 138 Å². The van der Waals surface area contributed by atoms with Crippen LogP contribution in [-0.4, -0.2) is 57.2 Å². The van der Waals surface area contributed by atoms with Gasteiger partial charge in [0, 0.05) is 30.0 Å². The molecule has 1 aliphatic heterocycles. The number of anilines is 5. The van der Waals surface area contributed by atoms with Crippen LogP contribution in [0, 0.1) is 0 Å². The van der Waals surface area contributed by atoms with Gasteiger partial charge in [0.2, 0.25) is 17.8 Å². The van der Waals surface area contributed by atoms with Crippen molar-refractivity contribution in [3.63, 3.8) is 0 Å². The maximum absolute atomic E-state index is 12.7. The van der Waals surface area contributed by atoms with E-state index in [1.165, 1.54) is 0 Å². The van der Waals surface area contributed by atoms with Crippen LogP contribution in [0.4, 0.5) is 29.2 Å². The van der Waals surface area contributed by atoms with E-state index in [1.54, 1.807) is 59.7 Å². The Morgan fingerprint density at radius 3 is 2.08 bits per heavy atom. The van der Waals surface area contributed by atoms with Crippen molar-refractivity contribution in [2.45, 2.75) is 6.54 Å². The minimum absolute atomic E-state index is 0.0187. The van der Waals surface area contributed by atoms with Crippen LogP contribution in [0.3, 0.4) is 0 Å². The molecule has 1 saturated heterocycles. The molecule has 0 bridgehead atoms. The number of phenolic OH excluding ortho intramolecular Hbond substituents is 1. The molecule has 3 heterocycles. The van der Waals surface area contributed by atoms with Gasteiger partial charge in [0.05, 0.1) is 26.0 Å². The fraction of sp³-hybridized carbons (Fsp3) is 0.200. The van der Waals surface area contributed by atoms with Crippen LogP contribution in [0.2, 0.25) is 0 Å². The summed E-state index contributed by atoms with van der Waals surface area (Å²) in [5.41, 5.74) is 2.02. The average Bonchev–Trinajstić information content (AvgIpc) is 3.43. The lowest BCUT2D eigenvalue weighted by Gasteiger charge is -2.26. The summed E-state index contributed by atoms with van der Waals surface area (Å²) in [6.07, 6.45) is 1.60. The molecule has 5 rings (SSSR count). The molecule has 1 fully saturated rings. The first kappa shape index (κ1) is 23.1. The molecular weight excluding hydrogens is 462 g/mol. The van der Waals surface area contributed by atoms with E-state index in [4.69, 9.17) is 9.15 Å². The van der Waals surface area contributed by atoms with Gasteiger partial charge in [0.1, 0.15) is 11.5 Å². The molecule has 11 nitrogen and oxygen atoms in total. The van der Waals surface area contributed by atoms with Crippen molar-refractivity contribution in [1.82, 2.24) is 19.9 Å². The van der Waals surface area contributed by atoms with E-state index >= 15 is 0 Å². The number of hydrogen-bond donors (Lipinski definition) is 4. The second-order valence-electron chi connectivity index (χ2n) is 8.02. The lowest BCUT2D eigenvalue weighted by molar-refractivity contribution is 0.0303. The molecule has 0 saturated carbocycles. The number of ether oxygens (including phenoxy) is 1. The van der Waals surface area contributed by atoms with Crippen molar-refractivity contribution in [2.75, 3.05) is 42.3 Å². The highest BCUT2D eigenvalue weighted by Crippen LogP contribution is 2.21. The Labute approximate surface area is 207 Å². The molecule has 2 aromatic heterocycles. The van der Waals surface area contributed by atoms with E-state index in [9.17, 15) is 9.90 Å². The Morgan fingerprint density at radius 2 is 1.47 bits per heavy atom. The minimum atomic E-state index is -0.0187. The van der Waals surface area contributed by atoms with Gasteiger partial charge in [-0.25, -0.2) is 0 Å². The van der Waals surface area contributed by atoms with E-state index in [2.05, 4.69) is 30.9 Å². The molecule has 0 radical (unpaired) electrons. The maximum Gasteiger partial charge on any atom is 0.254 e. The quantitative estimate of drug-likeness (QED) is 0.272. The average molecular weight is 488 g/mol. The number of phenols is 1. The Bertz CT molecular complexity index is 1290. The molecule has 0 unspecified atom stereocenters. The summed E-state index contributed by atoms with van der Waals surface area (Å²) < 4.78 is 10.7. The molecule has 4 N–H and O–H groups in total. The SMILES string of the molecule is O=C(c1ccc(Nc2nc(NCc3ccco3)nc(Nc3ccc(O)cc3)n2)cc1)N1CCOCC1. The highest BCUT2D eigenvalue weighted by Gasteiger charge is 2.18. The summed E-state index contributed by atoms with van der Waals surface area (Å²) >= 11 is 0. The molecule has 1 aliphatic rings. The summed E-state index contributed by atoms with van der Waals surface area (Å²) in [7, 11) is 0. The number of nitrogens with zero attached hydrogens (tertiary/aromatic N) is 4. The standard InChI is InChI=1S/C25H25N7O4/c33-20-9-7-19(8-10-20)28-25-30-23(26-16-21-2-1-13-36-21)29-24(31-25)27-18-5-3-17(4-6-18)22(34)32-11-14-35-15-12-32/h1-10,13,33H,11-12,14-16H2,(H3,26,27,28,29,30,31). The molecule has 0 atom stereocenters. The smallest absolute Gasteiger partial charge is 0.254 e. The summed E-state index contributed by atoms with van der Waals surface area (Å²) in [6.45, 7) is 2.69. The first-order valence-corrected chi connectivity index (χ1v) is 11.4. The van der Waals surface area contributed by atoms with Crippen molar-refractivity contribution in [2.24, 2.45) is 0 Å². The third-order valence-electron chi connectivity index (χ3n) is 5.45. The summed E-state index contributed by atoms with van der Waals surface area (Å²) in [5, 5.41) is 19.0. The number of nitrogens with one attached hydrogen (secondary N) is 3. The zero-order chi connectivity index (χ0) is 24.7. The molecule has 11 heteroatoms. The molecule has 0 spiro atoms. The zero-order valence-corrected chi connectivity index (χ0v) is 19.3. The third kappa shape index (κ3) is 5.88. The summed E-state index contributed by atoms with van der Waals surface area (Å²) in [4.78, 5) is 27.8. The van der Waals surface area contributed by atoms with Crippen LogP contribution in [-0.2, 0) is 11.3 Å². The Hall–Kier alpha value is -4.64. The lowest BCUT2D eigenvalue weighted by Crippen LogP contribution is -2.40. The maximum atomic E-state index is 12.7. The first-order valence-electron chi connectivity index (χ1n) is 11.4. The largest absolute Gasteiger partial charge is 0.508 e. The molecule has 1 amide bonds. The number of aromatic nitrogens is 3. The van der Waals surface area contributed by atoms with Crippen molar-refractivity contribution >= 4 is 35.1 Å². The van der Waals surface area contributed by atoms with Crippen LogP contribution in [0.15, 0.2) is 71.3 Å². The van der Waals surface area contributed by atoms with E-state index in [0.717, 1.165) is 5.76 Å². The van der Waals surface area contributed by atoms with Crippen LogP contribution in [0.5, 0.6) is 5.75 Å². The van der Waals surface area contributed by atoms with Crippen LogP contribution in [0.25, 0.3) is 0 Å². The number of carbonyl (C=O) groups excluding carboxylic acids is 1. The molecule has 2 aromatic carbocycles.